The SMILES string of the molecule is Cn1cc(CCNCc2ccc(C(N)=O)cc2Cl)cn1. The second-order valence-corrected chi connectivity index (χ2v) is 5.03. The number of halogens is 1. The van der Waals surface area contributed by atoms with Crippen LogP contribution in [0.15, 0.2) is 30.6 Å². The molecule has 0 atom stereocenters. The van der Waals surface area contributed by atoms with Gasteiger partial charge in [0.2, 0.25) is 5.91 Å². The number of hydrogen-bond acceptors (Lipinski definition) is 3. The van der Waals surface area contributed by atoms with Gasteiger partial charge in [0, 0.05) is 30.4 Å². The smallest absolute Gasteiger partial charge is 0.248 e. The number of rotatable bonds is 6. The maximum absolute atomic E-state index is 11.0. The third kappa shape index (κ3) is 3.82. The van der Waals surface area contributed by atoms with E-state index in [-0.39, 0.29) is 0 Å². The van der Waals surface area contributed by atoms with E-state index in [2.05, 4.69) is 10.4 Å². The standard InChI is InChI=1S/C14H17ClN4O/c1-19-9-10(7-18-19)4-5-17-8-12-3-2-11(14(16)20)6-13(12)15/h2-3,6-7,9,17H,4-5,8H2,1H3,(H2,16,20). The summed E-state index contributed by atoms with van der Waals surface area (Å²) in [4.78, 5) is 11.0. The zero-order valence-corrected chi connectivity index (χ0v) is 12.0. The topological polar surface area (TPSA) is 72.9 Å². The highest BCUT2D eigenvalue weighted by atomic mass is 35.5. The van der Waals surface area contributed by atoms with Gasteiger partial charge in [-0.2, -0.15) is 5.10 Å². The number of nitrogens with two attached hydrogens (primary N) is 1. The summed E-state index contributed by atoms with van der Waals surface area (Å²) < 4.78 is 1.79. The summed E-state index contributed by atoms with van der Waals surface area (Å²) in [5, 5.41) is 7.98. The Morgan fingerprint density at radius 3 is 2.90 bits per heavy atom. The number of carbonyl (C=O) groups excluding carboxylic acids is 1. The predicted octanol–water partition coefficient (Wildman–Crippen LogP) is 1.50. The molecule has 1 aromatic carbocycles. The first-order valence-corrected chi connectivity index (χ1v) is 6.70. The van der Waals surface area contributed by atoms with E-state index in [0.29, 0.717) is 17.1 Å². The molecule has 1 amide bonds. The average Bonchev–Trinajstić information content (AvgIpc) is 2.81. The monoisotopic (exact) mass is 292 g/mol. The number of primary amides is 1. The van der Waals surface area contributed by atoms with Crippen LogP contribution >= 0.6 is 11.6 Å². The Morgan fingerprint density at radius 1 is 1.50 bits per heavy atom. The fourth-order valence-corrected chi connectivity index (χ4v) is 2.15. The summed E-state index contributed by atoms with van der Waals surface area (Å²) >= 11 is 6.11. The van der Waals surface area contributed by atoms with E-state index >= 15 is 0 Å². The third-order valence-corrected chi connectivity index (χ3v) is 3.35. The minimum Gasteiger partial charge on any atom is -0.366 e. The number of benzene rings is 1. The molecular formula is C14H17ClN4O. The van der Waals surface area contributed by atoms with Crippen LogP contribution in [0.3, 0.4) is 0 Å². The van der Waals surface area contributed by atoms with Gasteiger partial charge in [-0.15, -0.1) is 0 Å². The molecule has 20 heavy (non-hydrogen) atoms. The molecule has 0 aliphatic rings. The van der Waals surface area contributed by atoms with Crippen molar-refractivity contribution in [2.24, 2.45) is 12.8 Å². The van der Waals surface area contributed by atoms with Gasteiger partial charge >= 0.3 is 0 Å². The zero-order chi connectivity index (χ0) is 14.5. The lowest BCUT2D eigenvalue weighted by Gasteiger charge is -2.07. The average molecular weight is 293 g/mol. The van der Waals surface area contributed by atoms with E-state index in [0.717, 1.165) is 18.5 Å². The minimum absolute atomic E-state index is 0.425. The molecule has 3 N–H and O–H groups in total. The van der Waals surface area contributed by atoms with Crippen LogP contribution < -0.4 is 11.1 Å². The molecule has 0 unspecified atom stereocenters. The lowest BCUT2D eigenvalue weighted by molar-refractivity contribution is 0.100. The van der Waals surface area contributed by atoms with Crippen LogP contribution in [-0.2, 0) is 20.0 Å². The van der Waals surface area contributed by atoms with E-state index in [4.69, 9.17) is 17.3 Å². The summed E-state index contributed by atoms with van der Waals surface area (Å²) in [6.07, 6.45) is 4.76. The van der Waals surface area contributed by atoms with Gasteiger partial charge in [-0.1, -0.05) is 17.7 Å². The van der Waals surface area contributed by atoms with Gasteiger partial charge < -0.3 is 11.1 Å². The Kier molecular flexibility index (Phi) is 4.76. The number of nitrogens with one attached hydrogen (secondary N) is 1. The highest BCUT2D eigenvalue weighted by Crippen LogP contribution is 2.17. The van der Waals surface area contributed by atoms with Crippen LogP contribution in [-0.4, -0.2) is 22.2 Å². The molecule has 1 heterocycles. The molecule has 0 saturated carbocycles. The molecule has 106 valence electrons. The van der Waals surface area contributed by atoms with E-state index in [1.54, 1.807) is 16.8 Å². The predicted molar refractivity (Wildman–Crippen MR) is 78.6 cm³/mol. The fraction of sp³-hybridized carbons (Fsp3) is 0.286. The van der Waals surface area contributed by atoms with Crippen LogP contribution in [0.1, 0.15) is 21.5 Å². The molecule has 0 aliphatic carbocycles. The van der Waals surface area contributed by atoms with Crippen LogP contribution in [0.2, 0.25) is 5.02 Å². The van der Waals surface area contributed by atoms with Crippen LogP contribution in [0.4, 0.5) is 0 Å². The molecular weight excluding hydrogens is 276 g/mol. The summed E-state index contributed by atoms with van der Waals surface area (Å²) in [6, 6.07) is 5.11. The Balaban J connectivity index is 1.83. The van der Waals surface area contributed by atoms with Gasteiger partial charge in [-0.25, -0.2) is 0 Å². The first-order chi connectivity index (χ1) is 9.56. The van der Waals surface area contributed by atoms with Gasteiger partial charge in [-0.05, 0) is 36.2 Å². The third-order valence-electron chi connectivity index (χ3n) is 3.00. The van der Waals surface area contributed by atoms with Crippen molar-refractivity contribution in [3.63, 3.8) is 0 Å². The van der Waals surface area contributed by atoms with Gasteiger partial charge in [0.15, 0.2) is 0 Å². The normalized spacial score (nSPS) is 10.7. The van der Waals surface area contributed by atoms with Crippen molar-refractivity contribution in [2.75, 3.05) is 6.54 Å². The lowest BCUT2D eigenvalue weighted by atomic mass is 10.1. The minimum atomic E-state index is -0.469. The summed E-state index contributed by atoms with van der Waals surface area (Å²) in [5.74, 6) is -0.469. The van der Waals surface area contributed by atoms with E-state index in [1.165, 1.54) is 5.56 Å². The van der Waals surface area contributed by atoms with Crippen molar-refractivity contribution in [3.05, 3.63) is 52.3 Å². The highest BCUT2D eigenvalue weighted by Gasteiger charge is 2.05. The fourth-order valence-electron chi connectivity index (χ4n) is 1.90. The molecule has 1 aromatic heterocycles. The number of nitrogens with zero attached hydrogens (tertiary/aromatic N) is 2. The van der Waals surface area contributed by atoms with Crippen LogP contribution in [0, 0.1) is 0 Å². The number of carbonyl (C=O) groups is 1. The molecule has 0 saturated heterocycles. The Labute approximate surface area is 122 Å². The number of aryl methyl sites for hydroxylation is 1. The second-order valence-electron chi connectivity index (χ2n) is 4.62. The Hall–Kier alpha value is -1.85. The molecule has 0 aliphatic heterocycles. The first-order valence-electron chi connectivity index (χ1n) is 6.32. The highest BCUT2D eigenvalue weighted by molar-refractivity contribution is 6.31. The molecule has 5 nitrogen and oxygen atoms in total. The summed E-state index contributed by atoms with van der Waals surface area (Å²) in [5.41, 5.74) is 7.76. The van der Waals surface area contributed by atoms with Crippen LogP contribution in [0.25, 0.3) is 0 Å². The maximum atomic E-state index is 11.0. The largest absolute Gasteiger partial charge is 0.366 e. The second kappa shape index (κ2) is 6.54. The molecule has 0 spiro atoms. The van der Waals surface area contributed by atoms with Crippen molar-refractivity contribution in [1.82, 2.24) is 15.1 Å². The van der Waals surface area contributed by atoms with Crippen molar-refractivity contribution in [3.8, 4) is 0 Å². The van der Waals surface area contributed by atoms with E-state index in [1.807, 2.05) is 25.5 Å². The van der Waals surface area contributed by atoms with Crippen molar-refractivity contribution < 1.29 is 4.79 Å². The van der Waals surface area contributed by atoms with Gasteiger partial charge in [0.05, 0.1) is 6.20 Å². The van der Waals surface area contributed by atoms with Gasteiger partial charge in [0.25, 0.3) is 0 Å². The number of aromatic nitrogens is 2. The molecule has 0 bridgehead atoms. The number of amides is 1. The maximum Gasteiger partial charge on any atom is 0.248 e. The summed E-state index contributed by atoms with van der Waals surface area (Å²) in [6.45, 7) is 1.48. The van der Waals surface area contributed by atoms with Crippen LogP contribution in [0.5, 0.6) is 0 Å². The van der Waals surface area contributed by atoms with Crippen molar-refractivity contribution in [1.29, 1.82) is 0 Å². The Bertz CT molecular complexity index is 609. The first kappa shape index (κ1) is 14.6. The summed E-state index contributed by atoms with van der Waals surface area (Å²) in [7, 11) is 1.90. The van der Waals surface area contributed by atoms with Gasteiger partial charge in [0.1, 0.15) is 0 Å². The van der Waals surface area contributed by atoms with Crippen molar-refractivity contribution in [2.45, 2.75) is 13.0 Å². The van der Waals surface area contributed by atoms with Gasteiger partial charge in [-0.3, -0.25) is 9.48 Å². The molecule has 6 heteroatoms. The lowest BCUT2D eigenvalue weighted by Crippen LogP contribution is -2.17. The molecule has 2 aromatic rings. The van der Waals surface area contributed by atoms with Crippen molar-refractivity contribution >= 4 is 17.5 Å². The van der Waals surface area contributed by atoms with E-state index in [9.17, 15) is 4.79 Å². The van der Waals surface area contributed by atoms with E-state index < -0.39 is 5.91 Å². The zero-order valence-electron chi connectivity index (χ0n) is 11.3. The quantitative estimate of drug-likeness (QED) is 0.793. The Morgan fingerprint density at radius 2 is 2.30 bits per heavy atom. The molecule has 0 radical (unpaired) electrons. The number of hydrogen-bond donors (Lipinski definition) is 2. The molecule has 2 rings (SSSR count). The molecule has 0 fully saturated rings.